The van der Waals surface area contributed by atoms with Crippen LogP contribution in [0.5, 0.6) is 5.75 Å². The molecule has 0 aromatic carbocycles. The normalized spacial score (nSPS) is 11.5. The fourth-order valence-corrected chi connectivity index (χ4v) is 5.16. The van der Waals surface area contributed by atoms with E-state index in [-0.39, 0.29) is 17.5 Å². The summed E-state index contributed by atoms with van der Waals surface area (Å²) in [6, 6.07) is 5.51. The van der Waals surface area contributed by atoms with Gasteiger partial charge in [-0.3, -0.25) is 14.2 Å². The van der Waals surface area contributed by atoms with E-state index >= 15 is 0 Å². The lowest BCUT2D eigenvalue weighted by Crippen LogP contribution is -2.26. The first-order chi connectivity index (χ1) is 15.0. The second-order valence-electron chi connectivity index (χ2n) is 7.87. The molecule has 0 bridgehead atoms. The van der Waals surface area contributed by atoms with Crippen LogP contribution in [-0.4, -0.2) is 21.1 Å². The van der Waals surface area contributed by atoms with Gasteiger partial charge in [-0.1, -0.05) is 26.8 Å². The van der Waals surface area contributed by atoms with Crippen molar-refractivity contribution in [3.63, 3.8) is 0 Å². The third kappa shape index (κ3) is 4.50. The van der Waals surface area contributed by atoms with Gasteiger partial charge in [0, 0.05) is 40.2 Å². The molecular weight excluding hydrogens is 430 g/mol. The highest BCUT2D eigenvalue weighted by Gasteiger charge is 2.18. The Bertz CT molecular complexity index is 1300. The van der Waals surface area contributed by atoms with Crippen LogP contribution in [0.2, 0.25) is 0 Å². The molecule has 0 radical (unpaired) electrons. The number of fused-ring (bicyclic) bond motifs is 1. The fourth-order valence-electron chi connectivity index (χ4n) is 3.39. The maximum Gasteiger partial charge on any atom is 0.263 e. The van der Waals surface area contributed by atoms with Crippen molar-refractivity contribution in [3.8, 4) is 16.2 Å². The third-order valence-corrected chi connectivity index (χ3v) is 6.65. The van der Waals surface area contributed by atoms with E-state index in [9.17, 15) is 9.59 Å². The van der Waals surface area contributed by atoms with E-state index in [0.29, 0.717) is 35.8 Å². The minimum atomic E-state index is -0.191. The van der Waals surface area contributed by atoms with Crippen LogP contribution < -0.4 is 15.7 Å². The van der Waals surface area contributed by atoms with Gasteiger partial charge in [-0.15, -0.1) is 22.7 Å². The van der Waals surface area contributed by atoms with Crippen LogP contribution in [0.25, 0.3) is 20.7 Å². The molecule has 4 rings (SSSR count). The molecule has 0 atom stereocenters. The number of aromatic nitrogens is 3. The molecule has 0 amide bonds. The van der Waals surface area contributed by atoms with Gasteiger partial charge in [-0.2, -0.15) is 0 Å². The van der Waals surface area contributed by atoms with Crippen molar-refractivity contribution in [2.24, 2.45) is 5.92 Å². The number of nitrogens with zero attached hydrogens (tertiary/aromatic N) is 2. The molecule has 0 saturated carbocycles. The van der Waals surface area contributed by atoms with Crippen LogP contribution in [0.3, 0.4) is 0 Å². The van der Waals surface area contributed by atoms with E-state index in [1.165, 1.54) is 17.4 Å². The predicted octanol–water partition coefficient (Wildman–Crippen LogP) is 4.91. The predicted molar refractivity (Wildman–Crippen MR) is 128 cm³/mol. The lowest BCUT2D eigenvalue weighted by Gasteiger charge is -2.13. The molecule has 0 aliphatic heterocycles. The number of nitrogens with one attached hydrogen (secondary N) is 1. The number of H-pyrrole nitrogens is 1. The van der Waals surface area contributed by atoms with Crippen molar-refractivity contribution >= 4 is 32.9 Å². The topological polar surface area (TPSA) is 77.0 Å². The molecule has 6 nitrogen and oxygen atoms in total. The summed E-state index contributed by atoms with van der Waals surface area (Å²) in [4.78, 5) is 35.8. The van der Waals surface area contributed by atoms with E-state index < -0.39 is 0 Å². The number of aryl methyl sites for hydroxylation is 1. The monoisotopic (exact) mass is 455 g/mol. The van der Waals surface area contributed by atoms with Crippen molar-refractivity contribution in [2.75, 3.05) is 6.61 Å². The summed E-state index contributed by atoms with van der Waals surface area (Å²) >= 11 is 3.11. The van der Waals surface area contributed by atoms with E-state index in [2.05, 4.69) is 11.9 Å². The lowest BCUT2D eigenvalue weighted by molar-refractivity contribution is 0.267. The average molecular weight is 456 g/mol. The van der Waals surface area contributed by atoms with Crippen LogP contribution >= 0.6 is 22.7 Å². The molecule has 162 valence electrons. The number of thiophene rings is 2. The molecule has 0 spiro atoms. The molecule has 0 saturated heterocycles. The van der Waals surface area contributed by atoms with Gasteiger partial charge >= 0.3 is 0 Å². The smallest absolute Gasteiger partial charge is 0.263 e. The van der Waals surface area contributed by atoms with Gasteiger partial charge in [0.2, 0.25) is 5.43 Å². The molecule has 4 aromatic rings. The summed E-state index contributed by atoms with van der Waals surface area (Å²) < 4.78 is 7.26. The summed E-state index contributed by atoms with van der Waals surface area (Å²) in [5.74, 6) is 1.36. The fraction of sp³-hybridized carbons (Fsp3) is 0.348. The Morgan fingerprint density at radius 3 is 2.77 bits per heavy atom. The van der Waals surface area contributed by atoms with Gasteiger partial charge < -0.3 is 9.72 Å². The molecule has 4 heterocycles. The molecule has 4 aromatic heterocycles. The van der Waals surface area contributed by atoms with E-state index in [4.69, 9.17) is 9.72 Å². The van der Waals surface area contributed by atoms with Gasteiger partial charge in [0.05, 0.1) is 18.5 Å². The number of aromatic amines is 1. The summed E-state index contributed by atoms with van der Waals surface area (Å²) in [7, 11) is 0. The molecule has 1 N–H and O–H groups in total. The first kappa shape index (κ1) is 21.5. The number of hydrogen-bond donors (Lipinski definition) is 1. The number of ether oxygens (including phenoxy) is 1. The maximum atomic E-state index is 13.6. The minimum Gasteiger partial charge on any atom is -0.488 e. The summed E-state index contributed by atoms with van der Waals surface area (Å²) in [6.07, 6.45) is 3.15. The van der Waals surface area contributed by atoms with Gasteiger partial charge in [0.15, 0.2) is 5.75 Å². The van der Waals surface area contributed by atoms with Crippen LogP contribution in [0, 0.1) is 5.92 Å². The van der Waals surface area contributed by atoms with Crippen molar-refractivity contribution in [1.29, 1.82) is 0 Å². The summed E-state index contributed by atoms with van der Waals surface area (Å²) in [5.41, 5.74) is 1.31. The zero-order valence-corrected chi connectivity index (χ0v) is 19.4. The minimum absolute atomic E-state index is 0.0703. The molecule has 8 heteroatoms. The first-order valence-corrected chi connectivity index (χ1v) is 12.1. The van der Waals surface area contributed by atoms with E-state index in [1.54, 1.807) is 22.1 Å². The highest BCUT2D eigenvalue weighted by atomic mass is 32.1. The van der Waals surface area contributed by atoms with Crippen LogP contribution in [0.15, 0.2) is 44.7 Å². The summed E-state index contributed by atoms with van der Waals surface area (Å²) in [6.45, 7) is 6.86. The molecular formula is C23H25N3O3S2. The first-order valence-electron chi connectivity index (χ1n) is 10.4. The Hall–Kier alpha value is -2.71. The average Bonchev–Trinajstić information content (AvgIpc) is 3.40. The van der Waals surface area contributed by atoms with E-state index in [1.807, 2.05) is 36.7 Å². The van der Waals surface area contributed by atoms with Crippen LogP contribution in [-0.2, 0) is 13.0 Å². The second kappa shape index (κ2) is 9.20. The molecule has 0 aliphatic rings. The van der Waals surface area contributed by atoms with E-state index in [0.717, 1.165) is 27.5 Å². The van der Waals surface area contributed by atoms with Crippen molar-refractivity contribution in [2.45, 2.75) is 40.2 Å². The van der Waals surface area contributed by atoms with Gasteiger partial charge in [-0.25, -0.2) is 4.98 Å². The molecule has 0 aliphatic carbocycles. The Balaban J connectivity index is 1.76. The zero-order valence-electron chi connectivity index (χ0n) is 17.8. The number of rotatable bonds is 8. The second-order valence-corrected chi connectivity index (χ2v) is 9.67. The van der Waals surface area contributed by atoms with Crippen LogP contribution in [0.1, 0.15) is 38.7 Å². The zero-order chi connectivity index (χ0) is 22.0. The summed E-state index contributed by atoms with van der Waals surface area (Å²) in [5, 5.41) is 4.66. The molecule has 0 fully saturated rings. The lowest BCUT2D eigenvalue weighted by atomic mass is 10.2. The Kier molecular flexibility index (Phi) is 6.38. The Labute approximate surface area is 188 Å². The maximum absolute atomic E-state index is 13.6. The largest absolute Gasteiger partial charge is 0.488 e. The standard InChI is InChI=1S/C23H25N3O3S2/c1-4-6-20-25-22-21(16(13-31-22)19-7-5-8-30-19)23(28)26(20)11-15-9-17(27)18(10-24-15)29-12-14(2)3/h5,7-10,13-14H,4,6,11-12H2,1-3H3,(H,24,27). The third-order valence-electron chi connectivity index (χ3n) is 4.87. The van der Waals surface area contributed by atoms with Gasteiger partial charge in [0.1, 0.15) is 10.7 Å². The van der Waals surface area contributed by atoms with Crippen LogP contribution in [0.4, 0.5) is 0 Å². The molecule has 0 unspecified atom stereocenters. The number of hydrogen-bond acceptors (Lipinski definition) is 6. The van der Waals surface area contributed by atoms with Gasteiger partial charge in [-0.05, 0) is 23.8 Å². The number of pyridine rings is 1. The highest BCUT2D eigenvalue weighted by Crippen LogP contribution is 2.33. The quantitative estimate of drug-likeness (QED) is 0.409. The van der Waals surface area contributed by atoms with Crippen molar-refractivity contribution < 1.29 is 4.74 Å². The Morgan fingerprint density at radius 2 is 2.10 bits per heavy atom. The highest BCUT2D eigenvalue weighted by molar-refractivity contribution is 7.18. The van der Waals surface area contributed by atoms with Crippen molar-refractivity contribution in [1.82, 2.24) is 14.5 Å². The molecule has 31 heavy (non-hydrogen) atoms. The van der Waals surface area contributed by atoms with Crippen molar-refractivity contribution in [3.05, 3.63) is 67.3 Å². The SMILES string of the molecule is CCCc1nc2scc(-c3cccs3)c2c(=O)n1Cc1cc(=O)c(OCC(C)C)c[nH]1. The Morgan fingerprint density at radius 1 is 1.26 bits per heavy atom. The van der Waals surface area contributed by atoms with Gasteiger partial charge in [0.25, 0.3) is 5.56 Å².